The van der Waals surface area contributed by atoms with Gasteiger partial charge in [-0.05, 0) is 66.6 Å². The standard InChI is InChI=1S/C42H41N7O6S/c1-28(51)31-11-14-43-35(19-31)24-49(26-37-21-33(13-16-45-37)42(53)55-3)18-17-48(25-36-20-32(12-15-44-36)41(52)54-2)23-34-5-4-6-38(47-34)40-46-22-39(56-40)30-9-7-29(27-50)8-10-30/h4-16,19-22,50H,17-18,23-27H2,1-3H3. The van der Waals surface area contributed by atoms with Crippen LogP contribution in [-0.4, -0.2) is 84.9 Å². The Morgan fingerprint density at radius 2 is 1.18 bits per heavy atom. The molecule has 5 aromatic heterocycles. The Balaban J connectivity index is 1.27. The molecule has 0 amide bonds. The summed E-state index contributed by atoms with van der Waals surface area (Å²) in [5, 5.41) is 10.2. The molecule has 6 aromatic rings. The minimum absolute atomic E-state index is 0.0128. The number of aromatic nitrogens is 5. The lowest BCUT2D eigenvalue weighted by Crippen LogP contribution is -2.35. The third kappa shape index (κ3) is 10.6. The summed E-state index contributed by atoms with van der Waals surface area (Å²) >= 11 is 1.54. The summed E-state index contributed by atoms with van der Waals surface area (Å²) in [5.74, 6) is -0.958. The first-order valence-electron chi connectivity index (χ1n) is 17.8. The van der Waals surface area contributed by atoms with Crippen molar-refractivity contribution in [3.05, 3.63) is 149 Å². The molecule has 0 fully saturated rings. The first-order chi connectivity index (χ1) is 27.2. The van der Waals surface area contributed by atoms with E-state index in [0.29, 0.717) is 73.0 Å². The molecule has 0 spiro atoms. The molecule has 5 heterocycles. The average molecular weight is 772 g/mol. The smallest absolute Gasteiger partial charge is 0.337 e. The summed E-state index contributed by atoms with van der Waals surface area (Å²) in [6.07, 6.45) is 6.64. The molecule has 0 unspecified atom stereocenters. The average Bonchev–Trinajstić information content (AvgIpc) is 3.73. The van der Waals surface area contributed by atoms with Gasteiger partial charge in [-0.1, -0.05) is 30.3 Å². The van der Waals surface area contributed by atoms with Gasteiger partial charge in [-0.2, -0.15) is 0 Å². The summed E-state index contributed by atoms with van der Waals surface area (Å²) in [4.78, 5) is 65.6. The highest BCUT2D eigenvalue weighted by Crippen LogP contribution is 2.31. The quantitative estimate of drug-likeness (QED) is 0.0847. The Labute approximate surface area is 328 Å². The van der Waals surface area contributed by atoms with Crippen LogP contribution in [0.5, 0.6) is 0 Å². The molecule has 0 radical (unpaired) electrons. The summed E-state index contributed by atoms with van der Waals surface area (Å²) in [6.45, 7) is 4.18. The molecule has 0 saturated carbocycles. The molecule has 56 heavy (non-hydrogen) atoms. The molecule has 0 aliphatic carbocycles. The number of esters is 2. The van der Waals surface area contributed by atoms with Crippen molar-refractivity contribution in [3.8, 4) is 21.1 Å². The van der Waals surface area contributed by atoms with Crippen LogP contribution >= 0.6 is 11.3 Å². The van der Waals surface area contributed by atoms with Gasteiger partial charge in [0.2, 0.25) is 0 Å². The van der Waals surface area contributed by atoms with E-state index in [9.17, 15) is 19.5 Å². The minimum Gasteiger partial charge on any atom is -0.465 e. The Morgan fingerprint density at radius 3 is 1.70 bits per heavy atom. The zero-order chi connectivity index (χ0) is 39.4. The Bertz CT molecular complexity index is 2300. The van der Waals surface area contributed by atoms with Crippen molar-refractivity contribution in [3.63, 3.8) is 0 Å². The van der Waals surface area contributed by atoms with E-state index in [-0.39, 0.29) is 12.4 Å². The number of carbonyl (C=O) groups is 3. The van der Waals surface area contributed by atoms with Gasteiger partial charge in [-0.15, -0.1) is 11.3 Å². The number of hydrogen-bond acceptors (Lipinski definition) is 14. The molecular weight excluding hydrogens is 731 g/mol. The lowest BCUT2D eigenvalue weighted by molar-refractivity contribution is 0.0591. The first kappa shape index (κ1) is 39.6. The second-order valence-electron chi connectivity index (χ2n) is 13.0. The van der Waals surface area contributed by atoms with Crippen molar-refractivity contribution in [1.82, 2.24) is 34.7 Å². The number of hydrogen-bond donors (Lipinski definition) is 1. The fourth-order valence-electron chi connectivity index (χ4n) is 6.02. The third-order valence-electron chi connectivity index (χ3n) is 8.93. The Hall–Kier alpha value is -6.06. The largest absolute Gasteiger partial charge is 0.465 e. The predicted molar refractivity (Wildman–Crippen MR) is 210 cm³/mol. The number of aliphatic hydroxyl groups excluding tert-OH is 1. The number of nitrogens with zero attached hydrogens (tertiary/aromatic N) is 7. The number of ether oxygens (including phenoxy) is 2. The monoisotopic (exact) mass is 771 g/mol. The lowest BCUT2D eigenvalue weighted by Gasteiger charge is -2.27. The highest BCUT2D eigenvalue weighted by Gasteiger charge is 2.18. The second kappa shape index (κ2) is 19.0. The van der Waals surface area contributed by atoms with Gasteiger partial charge < -0.3 is 14.6 Å². The molecule has 286 valence electrons. The molecule has 0 saturated heterocycles. The van der Waals surface area contributed by atoms with E-state index >= 15 is 0 Å². The molecular formula is C42H41N7O6S. The van der Waals surface area contributed by atoms with Crippen LogP contribution in [0.15, 0.2) is 104 Å². The fourth-order valence-corrected chi connectivity index (χ4v) is 6.91. The van der Waals surface area contributed by atoms with Crippen LogP contribution in [0.4, 0.5) is 0 Å². The molecule has 13 nitrogen and oxygen atoms in total. The second-order valence-corrected chi connectivity index (χ2v) is 14.0. The van der Waals surface area contributed by atoms with Crippen LogP contribution in [0, 0.1) is 0 Å². The minimum atomic E-state index is -0.454. The number of carbonyl (C=O) groups excluding carboxylic acids is 3. The molecule has 0 atom stereocenters. The number of benzene rings is 1. The number of pyridine rings is 4. The third-order valence-corrected chi connectivity index (χ3v) is 9.99. The lowest BCUT2D eigenvalue weighted by atomic mass is 10.1. The molecule has 1 aromatic carbocycles. The van der Waals surface area contributed by atoms with E-state index in [0.717, 1.165) is 32.4 Å². The number of aliphatic hydroxyl groups is 1. The van der Waals surface area contributed by atoms with E-state index in [4.69, 9.17) is 14.5 Å². The number of rotatable bonds is 17. The number of thiazole rings is 1. The SMILES string of the molecule is COC(=O)c1ccnc(CN(CCN(Cc2cc(C(=O)OC)ccn2)Cc2cccc(-c3ncc(-c4ccc(CO)cc4)s3)n2)Cc2cc(C(C)=O)ccn2)c1. The van der Waals surface area contributed by atoms with Crippen molar-refractivity contribution >= 4 is 29.1 Å². The Kier molecular flexibility index (Phi) is 13.4. The van der Waals surface area contributed by atoms with Crippen LogP contribution in [-0.2, 0) is 42.3 Å². The van der Waals surface area contributed by atoms with Crippen molar-refractivity contribution in [1.29, 1.82) is 0 Å². The van der Waals surface area contributed by atoms with Crippen molar-refractivity contribution in [2.24, 2.45) is 0 Å². The van der Waals surface area contributed by atoms with Crippen LogP contribution < -0.4 is 0 Å². The van der Waals surface area contributed by atoms with E-state index in [1.807, 2.05) is 48.7 Å². The summed E-state index contributed by atoms with van der Waals surface area (Å²) in [7, 11) is 2.68. The van der Waals surface area contributed by atoms with Crippen LogP contribution in [0.2, 0.25) is 0 Å². The van der Waals surface area contributed by atoms with Gasteiger partial charge >= 0.3 is 11.9 Å². The van der Waals surface area contributed by atoms with Gasteiger partial charge in [0.15, 0.2) is 5.78 Å². The van der Waals surface area contributed by atoms with E-state index < -0.39 is 11.9 Å². The van der Waals surface area contributed by atoms with Gasteiger partial charge in [0.25, 0.3) is 0 Å². The zero-order valence-electron chi connectivity index (χ0n) is 31.3. The molecule has 0 aliphatic heterocycles. The van der Waals surface area contributed by atoms with Crippen molar-refractivity contribution in [2.45, 2.75) is 39.7 Å². The van der Waals surface area contributed by atoms with E-state index in [1.54, 1.807) is 55.0 Å². The normalized spacial score (nSPS) is 11.2. The summed E-state index contributed by atoms with van der Waals surface area (Å²) in [6, 6.07) is 23.7. The van der Waals surface area contributed by atoms with E-state index in [1.165, 1.54) is 32.5 Å². The van der Waals surface area contributed by atoms with Gasteiger partial charge in [-0.3, -0.25) is 29.5 Å². The summed E-state index contributed by atoms with van der Waals surface area (Å²) in [5.41, 5.74) is 6.82. The highest BCUT2D eigenvalue weighted by atomic mass is 32.1. The fraction of sp³-hybridized carbons (Fsp3) is 0.238. The molecule has 6 rings (SSSR count). The zero-order valence-corrected chi connectivity index (χ0v) is 32.1. The molecule has 0 bridgehead atoms. The summed E-state index contributed by atoms with van der Waals surface area (Å²) < 4.78 is 9.89. The van der Waals surface area contributed by atoms with Crippen molar-refractivity contribution in [2.75, 3.05) is 27.3 Å². The number of ketones is 1. The molecule has 1 N–H and O–H groups in total. The number of Topliss-reactive ketones (excluding diaryl/α,β-unsaturated/α-hetero) is 1. The molecule has 0 aliphatic rings. The van der Waals surface area contributed by atoms with Crippen LogP contribution in [0.1, 0.15) is 66.3 Å². The number of methoxy groups -OCH3 is 2. The maximum absolute atomic E-state index is 12.4. The molecule has 14 heteroatoms. The van der Waals surface area contributed by atoms with Gasteiger partial charge in [0, 0.05) is 69.6 Å². The van der Waals surface area contributed by atoms with Gasteiger partial charge in [0.05, 0.1) is 65.3 Å². The first-order valence-corrected chi connectivity index (χ1v) is 18.6. The van der Waals surface area contributed by atoms with Crippen LogP contribution in [0.25, 0.3) is 21.1 Å². The van der Waals surface area contributed by atoms with Gasteiger partial charge in [-0.25, -0.2) is 19.6 Å². The van der Waals surface area contributed by atoms with Gasteiger partial charge in [0.1, 0.15) is 5.01 Å². The van der Waals surface area contributed by atoms with Crippen molar-refractivity contribution < 1.29 is 29.0 Å². The Morgan fingerprint density at radius 1 is 0.661 bits per heavy atom. The highest BCUT2D eigenvalue weighted by molar-refractivity contribution is 7.18. The topological polar surface area (TPSA) is 161 Å². The predicted octanol–water partition coefficient (Wildman–Crippen LogP) is 6.03. The maximum Gasteiger partial charge on any atom is 0.337 e. The van der Waals surface area contributed by atoms with Crippen LogP contribution in [0.3, 0.4) is 0 Å². The maximum atomic E-state index is 12.4. The van der Waals surface area contributed by atoms with E-state index in [2.05, 4.69) is 29.7 Å².